The van der Waals surface area contributed by atoms with Crippen LogP contribution in [0, 0.1) is 17.6 Å². The number of ether oxygens (including phenoxy) is 1. The normalized spacial score (nSPS) is 17.3. The van der Waals surface area contributed by atoms with Crippen LogP contribution in [0.3, 0.4) is 0 Å². The molecule has 1 saturated carbocycles. The lowest BCUT2D eigenvalue weighted by atomic mass is 10.0. The number of amides is 3. The smallest absolute Gasteiger partial charge is 0.417 e. The van der Waals surface area contributed by atoms with Crippen molar-refractivity contribution in [3.8, 4) is 0 Å². The number of anilines is 3. The molecular formula is C29H22BrCl3F5N3O4. The van der Waals surface area contributed by atoms with Crippen LogP contribution < -0.4 is 16.0 Å². The molecule has 0 heterocycles. The zero-order chi connectivity index (χ0) is 33.6. The van der Waals surface area contributed by atoms with Crippen molar-refractivity contribution in [2.45, 2.75) is 42.8 Å². The summed E-state index contributed by atoms with van der Waals surface area (Å²) in [6.45, 7) is 4.66. The summed E-state index contributed by atoms with van der Waals surface area (Å²) in [5.74, 6) is -6.29. The van der Waals surface area contributed by atoms with Gasteiger partial charge >= 0.3 is 12.3 Å². The summed E-state index contributed by atoms with van der Waals surface area (Å²) >= 11 is 21.6. The van der Waals surface area contributed by atoms with E-state index >= 15 is 4.39 Å². The minimum absolute atomic E-state index is 0.0305. The number of alkyl halides is 5. The van der Waals surface area contributed by atoms with Gasteiger partial charge in [-0.3, -0.25) is 14.9 Å². The number of carbonyl (C=O) groups is 3. The zero-order valence-electron chi connectivity index (χ0n) is 23.3. The Bertz CT molecular complexity index is 1700. The van der Waals surface area contributed by atoms with Crippen LogP contribution >= 0.6 is 50.7 Å². The van der Waals surface area contributed by atoms with Crippen LogP contribution in [0.5, 0.6) is 0 Å². The number of hydrogen-bond acceptors (Lipinski definition) is 4. The van der Waals surface area contributed by atoms with Crippen molar-refractivity contribution in [1.82, 2.24) is 0 Å². The number of carbonyl (C=O) groups excluding carboxylic acids is 3. The van der Waals surface area contributed by atoms with E-state index in [-0.39, 0.29) is 26.3 Å². The fourth-order valence-electron chi connectivity index (χ4n) is 4.38. The fraction of sp³-hybridized carbons (Fsp3) is 0.276. The Kier molecular flexibility index (Phi) is 9.71. The van der Waals surface area contributed by atoms with Crippen molar-refractivity contribution >= 4 is 85.7 Å². The Hall–Kier alpha value is -3.13. The highest BCUT2D eigenvalue weighted by Gasteiger charge is 2.67. The molecule has 4 rings (SSSR count). The molecule has 3 N–H and O–H groups in total. The SMILES string of the molecule is CC(C)(C)OC(=O)Nc1c(F)ccc(NC(=O)c2cc(NC(=O)C3C(c4ccc(Br)c(C(F)(F)F)c4)C3(Cl)Cl)ccc2Cl)c1F. The van der Waals surface area contributed by atoms with Crippen molar-refractivity contribution < 1.29 is 41.1 Å². The van der Waals surface area contributed by atoms with Gasteiger partial charge < -0.3 is 15.4 Å². The minimum Gasteiger partial charge on any atom is -0.444 e. The summed E-state index contributed by atoms with van der Waals surface area (Å²) in [5, 5.41) is 6.59. The molecular weight excluding hydrogens is 736 g/mol. The number of halogens is 9. The molecule has 2 atom stereocenters. The second kappa shape index (κ2) is 12.6. The first-order valence-corrected chi connectivity index (χ1v) is 14.8. The Balaban J connectivity index is 1.51. The van der Waals surface area contributed by atoms with E-state index in [1.807, 2.05) is 5.32 Å². The Morgan fingerprint density at radius 2 is 1.60 bits per heavy atom. The summed E-state index contributed by atoms with van der Waals surface area (Å²) in [6, 6.07) is 8.87. The molecule has 0 saturated heterocycles. The molecule has 0 aliphatic heterocycles. The van der Waals surface area contributed by atoms with Gasteiger partial charge in [-0.25, -0.2) is 13.6 Å². The monoisotopic (exact) mass is 755 g/mol. The fourth-order valence-corrected chi connectivity index (χ4v) is 5.88. The van der Waals surface area contributed by atoms with Gasteiger partial charge in [0, 0.05) is 16.1 Å². The van der Waals surface area contributed by atoms with Gasteiger partial charge in [-0.15, -0.1) is 23.2 Å². The largest absolute Gasteiger partial charge is 0.444 e. The molecule has 1 aliphatic carbocycles. The van der Waals surface area contributed by atoms with E-state index in [0.29, 0.717) is 0 Å². The number of nitrogens with one attached hydrogen (secondary N) is 3. The van der Waals surface area contributed by atoms with E-state index in [0.717, 1.165) is 24.3 Å². The van der Waals surface area contributed by atoms with Crippen molar-refractivity contribution in [3.05, 3.63) is 86.4 Å². The standard InChI is InChI=1S/C29H22BrCl3F5N3O4/c1-27(2,3)45-26(44)41-23-18(34)8-9-19(22(23)35)40-24(42)14-11-13(5-7-17(14)31)39-25(43)21-20(28(21,32)33)12-4-6-16(30)15(10-12)29(36,37)38/h4-11,20-21H,1-3H3,(H,39,43)(H,40,42)(H,41,44). The Morgan fingerprint density at radius 3 is 2.22 bits per heavy atom. The molecule has 45 heavy (non-hydrogen) atoms. The van der Waals surface area contributed by atoms with Gasteiger partial charge in [-0.2, -0.15) is 13.2 Å². The molecule has 0 aromatic heterocycles. The van der Waals surface area contributed by atoms with Crippen LogP contribution in [0.4, 0.5) is 43.8 Å². The third-order valence-electron chi connectivity index (χ3n) is 6.43. The molecule has 1 aliphatic rings. The maximum atomic E-state index is 15.1. The molecule has 1 fully saturated rings. The number of benzene rings is 3. The van der Waals surface area contributed by atoms with Crippen LogP contribution in [-0.2, 0) is 15.7 Å². The summed E-state index contributed by atoms with van der Waals surface area (Å²) in [7, 11) is 0. The lowest BCUT2D eigenvalue weighted by Gasteiger charge is -2.20. The molecule has 0 spiro atoms. The van der Waals surface area contributed by atoms with Gasteiger partial charge in [-0.1, -0.05) is 33.6 Å². The van der Waals surface area contributed by atoms with E-state index < -0.39 is 74.4 Å². The molecule has 16 heteroatoms. The van der Waals surface area contributed by atoms with E-state index in [4.69, 9.17) is 39.5 Å². The van der Waals surface area contributed by atoms with E-state index in [2.05, 4.69) is 26.6 Å². The molecule has 2 unspecified atom stereocenters. The minimum atomic E-state index is -4.67. The lowest BCUT2D eigenvalue weighted by molar-refractivity contribution is -0.138. The highest BCUT2D eigenvalue weighted by Crippen LogP contribution is 2.65. The first kappa shape index (κ1) is 34.7. The predicted octanol–water partition coefficient (Wildman–Crippen LogP) is 9.52. The van der Waals surface area contributed by atoms with Crippen LogP contribution in [-0.4, -0.2) is 27.8 Å². The molecule has 3 aromatic rings. The van der Waals surface area contributed by atoms with Crippen LogP contribution in [0.15, 0.2) is 53.0 Å². The van der Waals surface area contributed by atoms with Gasteiger partial charge in [0.2, 0.25) is 5.91 Å². The van der Waals surface area contributed by atoms with E-state index in [1.54, 1.807) is 20.8 Å². The van der Waals surface area contributed by atoms with Crippen molar-refractivity contribution in [1.29, 1.82) is 0 Å². The molecule has 0 radical (unpaired) electrons. The molecule has 3 amide bonds. The van der Waals surface area contributed by atoms with Crippen molar-refractivity contribution in [2.24, 2.45) is 5.92 Å². The van der Waals surface area contributed by atoms with Crippen molar-refractivity contribution in [2.75, 3.05) is 16.0 Å². The average molecular weight is 758 g/mol. The predicted molar refractivity (Wildman–Crippen MR) is 164 cm³/mol. The highest BCUT2D eigenvalue weighted by molar-refractivity contribution is 9.10. The molecule has 0 bridgehead atoms. The van der Waals surface area contributed by atoms with Gasteiger partial charge in [0.1, 0.15) is 21.4 Å². The number of rotatable bonds is 6. The average Bonchev–Trinajstić information content (AvgIpc) is 3.49. The first-order valence-electron chi connectivity index (χ1n) is 12.8. The summed E-state index contributed by atoms with van der Waals surface area (Å²) < 4.78 is 72.7. The van der Waals surface area contributed by atoms with E-state index in [9.17, 15) is 31.9 Å². The molecule has 7 nitrogen and oxygen atoms in total. The second-order valence-electron chi connectivity index (χ2n) is 10.9. The summed E-state index contributed by atoms with van der Waals surface area (Å²) in [6.07, 6.45) is -5.80. The van der Waals surface area contributed by atoms with Crippen molar-refractivity contribution in [3.63, 3.8) is 0 Å². The van der Waals surface area contributed by atoms with E-state index in [1.165, 1.54) is 24.3 Å². The van der Waals surface area contributed by atoms with Crippen LogP contribution in [0.1, 0.15) is 48.2 Å². The van der Waals surface area contributed by atoms with Gasteiger partial charge in [0.05, 0.1) is 27.8 Å². The molecule has 3 aromatic carbocycles. The van der Waals surface area contributed by atoms with Crippen LogP contribution in [0.2, 0.25) is 5.02 Å². The molecule has 240 valence electrons. The van der Waals surface area contributed by atoms with Gasteiger partial charge in [-0.05, 0) is 68.8 Å². The quantitative estimate of drug-likeness (QED) is 0.173. The van der Waals surface area contributed by atoms with Gasteiger partial charge in [0.25, 0.3) is 5.91 Å². The number of hydrogen-bond donors (Lipinski definition) is 3. The second-order valence-corrected chi connectivity index (χ2v) is 13.6. The Labute approximate surface area is 276 Å². The highest BCUT2D eigenvalue weighted by atomic mass is 79.9. The third-order valence-corrected chi connectivity index (χ3v) is 8.40. The van der Waals surface area contributed by atoms with Gasteiger partial charge in [0.15, 0.2) is 5.82 Å². The Morgan fingerprint density at radius 1 is 0.933 bits per heavy atom. The summed E-state index contributed by atoms with van der Waals surface area (Å²) in [4.78, 5) is 38.2. The third kappa shape index (κ3) is 7.82. The zero-order valence-corrected chi connectivity index (χ0v) is 27.2. The summed E-state index contributed by atoms with van der Waals surface area (Å²) in [5.41, 5.74) is -3.42. The maximum absolute atomic E-state index is 15.1. The maximum Gasteiger partial charge on any atom is 0.417 e. The van der Waals surface area contributed by atoms with Crippen LogP contribution in [0.25, 0.3) is 0 Å². The first-order chi connectivity index (χ1) is 20.7. The topological polar surface area (TPSA) is 96.5 Å². The lowest BCUT2D eigenvalue weighted by Crippen LogP contribution is -2.28.